The van der Waals surface area contributed by atoms with E-state index in [2.05, 4.69) is 18.1 Å². The van der Waals surface area contributed by atoms with Crippen LogP contribution in [0.2, 0.25) is 0 Å². The van der Waals surface area contributed by atoms with E-state index < -0.39 is 4.92 Å². The predicted octanol–water partition coefficient (Wildman–Crippen LogP) is 4.42. The summed E-state index contributed by atoms with van der Waals surface area (Å²) in [6.07, 6.45) is 1.95. The number of aromatic nitrogens is 2. The minimum absolute atomic E-state index is 0.00500. The summed E-state index contributed by atoms with van der Waals surface area (Å²) in [4.78, 5) is 26.5. The summed E-state index contributed by atoms with van der Waals surface area (Å²) >= 11 is 1.41. The molecule has 3 aromatic rings. The minimum Gasteiger partial charge on any atom is -0.307 e. The quantitative estimate of drug-likeness (QED) is 0.471. The van der Waals surface area contributed by atoms with E-state index in [9.17, 15) is 14.9 Å². The summed E-state index contributed by atoms with van der Waals surface area (Å²) in [7, 11) is 0. The Hall–Kier alpha value is -3.00. The molecule has 7 nitrogen and oxygen atoms in total. The van der Waals surface area contributed by atoms with Gasteiger partial charge in [0.05, 0.1) is 16.3 Å². The lowest BCUT2D eigenvalue weighted by molar-refractivity contribution is -0.386. The van der Waals surface area contributed by atoms with Crippen LogP contribution in [-0.4, -0.2) is 27.2 Å². The van der Waals surface area contributed by atoms with E-state index in [1.165, 1.54) is 22.5 Å². The zero-order valence-corrected chi connectivity index (χ0v) is 17.5. The van der Waals surface area contributed by atoms with Gasteiger partial charge in [0.15, 0.2) is 0 Å². The fourth-order valence-electron chi connectivity index (χ4n) is 3.92. The summed E-state index contributed by atoms with van der Waals surface area (Å²) in [5.74, 6) is 0.00500. The number of benzene rings is 1. The van der Waals surface area contributed by atoms with E-state index >= 15 is 0 Å². The molecule has 1 aliphatic rings. The Morgan fingerprint density at radius 3 is 2.79 bits per heavy atom. The molecule has 0 saturated carbocycles. The molecule has 0 spiro atoms. The standard InChI is InChI=1S/C21H22N4O3S/c1-13-6-7-18-17(9-13)5-4-8-23(18)21(26)19-10-16(12-29-19)11-24-15(3)20(25(27)28)14(2)22-24/h6-7,9-10,12H,4-5,8,11H2,1-3H3. The number of thiophene rings is 1. The molecular formula is C21H22N4O3S. The number of hydrogen-bond donors (Lipinski definition) is 0. The smallest absolute Gasteiger partial charge is 0.307 e. The van der Waals surface area contributed by atoms with Crippen molar-refractivity contribution < 1.29 is 9.72 Å². The number of rotatable bonds is 4. The Bertz CT molecular complexity index is 1120. The first-order valence-electron chi connectivity index (χ1n) is 9.52. The summed E-state index contributed by atoms with van der Waals surface area (Å²) in [5, 5.41) is 17.4. The summed E-state index contributed by atoms with van der Waals surface area (Å²) in [6.45, 7) is 6.52. The van der Waals surface area contributed by atoms with Gasteiger partial charge in [-0.2, -0.15) is 5.10 Å². The Morgan fingerprint density at radius 1 is 1.28 bits per heavy atom. The lowest BCUT2D eigenvalue weighted by Gasteiger charge is -2.29. The Kier molecular flexibility index (Phi) is 4.96. The van der Waals surface area contributed by atoms with E-state index in [1.54, 1.807) is 18.5 Å². The third-order valence-electron chi connectivity index (χ3n) is 5.32. The molecule has 1 aliphatic heterocycles. The van der Waals surface area contributed by atoms with Gasteiger partial charge >= 0.3 is 5.69 Å². The van der Waals surface area contributed by atoms with Gasteiger partial charge in [-0.1, -0.05) is 17.7 Å². The molecule has 4 rings (SSSR count). The number of carbonyl (C=O) groups is 1. The van der Waals surface area contributed by atoms with Crippen LogP contribution in [0, 0.1) is 30.9 Å². The predicted molar refractivity (Wildman–Crippen MR) is 113 cm³/mol. The van der Waals surface area contributed by atoms with Gasteiger partial charge in [-0.05, 0) is 62.3 Å². The van der Waals surface area contributed by atoms with Crippen molar-refractivity contribution in [1.29, 1.82) is 0 Å². The second-order valence-corrected chi connectivity index (χ2v) is 8.36. The van der Waals surface area contributed by atoms with Crippen LogP contribution in [0.15, 0.2) is 29.6 Å². The third-order valence-corrected chi connectivity index (χ3v) is 6.29. The zero-order valence-electron chi connectivity index (χ0n) is 16.6. The minimum atomic E-state index is -0.397. The highest BCUT2D eigenvalue weighted by atomic mass is 32.1. The Labute approximate surface area is 172 Å². The van der Waals surface area contributed by atoms with Crippen molar-refractivity contribution in [2.75, 3.05) is 11.4 Å². The first-order valence-corrected chi connectivity index (χ1v) is 10.4. The maximum Gasteiger partial charge on any atom is 0.312 e. The number of amides is 1. The monoisotopic (exact) mass is 410 g/mol. The number of carbonyl (C=O) groups excluding carboxylic acids is 1. The summed E-state index contributed by atoms with van der Waals surface area (Å²) in [5.41, 5.74) is 5.31. The van der Waals surface area contributed by atoms with Crippen LogP contribution in [0.4, 0.5) is 11.4 Å². The highest BCUT2D eigenvalue weighted by Gasteiger charge is 2.25. The number of nitro groups is 1. The van der Waals surface area contributed by atoms with E-state index in [0.717, 1.165) is 24.1 Å². The maximum absolute atomic E-state index is 13.2. The van der Waals surface area contributed by atoms with Gasteiger partial charge in [-0.15, -0.1) is 11.3 Å². The van der Waals surface area contributed by atoms with Crippen molar-refractivity contribution in [2.45, 2.75) is 40.2 Å². The summed E-state index contributed by atoms with van der Waals surface area (Å²) in [6, 6.07) is 8.10. The van der Waals surface area contributed by atoms with Crippen molar-refractivity contribution in [1.82, 2.24) is 9.78 Å². The largest absolute Gasteiger partial charge is 0.312 e. The lowest BCUT2D eigenvalue weighted by Crippen LogP contribution is -2.35. The number of hydrogen-bond acceptors (Lipinski definition) is 5. The third kappa shape index (κ3) is 3.55. The molecule has 0 bridgehead atoms. The molecule has 29 heavy (non-hydrogen) atoms. The molecule has 0 radical (unpaired) electrons. The van der Waals surface area contributed by atoms with E-state index in [1.807, 2.05) is 28.5 Å². The van der Waals surface area contributed by atoms with Crippen molar-refractivity contribution in [3.63, 3.8) is 0 Å². The SMILES string of the molecule is Cc1ccc2c(c1)CCCN2C(=O)c1cc(Cn2nc(C)c([N+](=O)[O-])c2C)cs1. The molecule has 0 saturated heterocycles. The van der Waals surface area contributed by atoms with Gasteiger partial charge in [-0.25, -0.2) is 0 Å². The number of aryl methyl sites for hydroxylation is 3. The van der Waals surface area contributed by atoms with Crippen LogP contribution in [0.5, 0.6) is 0 Å². The van der Waals surface area contributed by atoms with Crippen LogP contribution < -0.4 is 4.90 Å². The molecule has 3 heterocycles. The second kappa shape index (κ2) is 7.44. The average Bonchev–Trinajstić information content (AvgIpc) is 3.25. The van der Waals surface area contributed by atoms with Gasteiger partial charge in [0, 0.05) is 12.2 Å². The molecule has 0 atom stereocenters. The van der Waals surface area contributed by atoms with Gasteiger partial charge in [0.1, 0.15) is 11.4 Å². The van der Waals surface area contributed by atoms with E-state index in [0.29, 0.717) is 29.4 Å². The van der Waals surface area contributed by atoms with Crippen LogP contribution in [0.1, 0.15) is 44.2 Å². The molecule has 0 unspecified atom stereocenters. The highest BCUT2D eigenvalue weighted by Crippen LogP contribution is 2.31. The van der Waals surface area contributed by atoms with Crippen LogP contribution >= 0.6 is 11.3 Å². The van der Waals surface area contributed by atoms with Crippen molar-refractivity contribution >= 4 is 28.6 Å². The molecule has 8 heteroatoms. The van der Waals surface area contributed by atoms with Crippen LogP contribution in [0.25, 0.3) is 0 Å². The van der Waals surface area contributed by atoms with Crippen molar-refractivity contribution in [2.24, 2.45) is 0 Å². The maximum atomic E-state index is 13.2. The summed E-state index contributed by atoms with van der Waals surface area (Å²) < 4.78 is 1.63. The molecule has 1 aromatic carbocycles. The molecule has 0 aliphatic carbocycles. The van der Waals surface area contributed by atoms with Gasteiger partial charge in [0.25, 0.3) is 5.91 Å². The first-order chi connectivity index (χ1) is 13.8. The Balaban J connectivity index is 1.57. The molecule has 0 N–H and O–H groups in total. The van der Waals surface area contributed by atoms with Crippen LogP contribution in [0.3, 0.4) is 0 Å². The second-order valence-electron chi connectivity index (χ2n) is 7.45. The average molecular weight is 410 g/mol. The highest BCUT2D eigenvalue weighted by molar-refractivity contribution is 7.12. The topological polar surface area (TPSA) is 81.3 Å². The molecule has 1 amide bonds. The van der Waals surface area contributed by atoms with E-state index in [-0.39, 0.29) is 11.6 Å². The normalized spacial score (nSPS) is 13.4. The van der Waals surface area contributed by atoms with Gasteiger partial charge in [-0.3, -0.25) is 19.6 Å². The van der Waals surface area contributed by atoms with Gasteiger partial charge in [0.2, 0.25) is 0 Å². The lowest BCUT2D eigenvalue weighted by atomic mass is 9.99. The van der Waals surface area contributed by atoms with Crippen molar-refractivity contribution in [3.05, 3.63) is 72.7 Å². The zero-order chi connectivity index (χ0) is 20.7. The first kappa shape index (κ1) is 19.3. The Morgan fingerprint density at radius 2 is 2.07 bits per heavy atom. The molecule has 0 fully saturated rings. The van der Waals surface area contributed by atoms with E-state index in [4.69, 9.17) is 0 Å². The molecule has 150 valence electrons. The molecular weight excluding hydrogens is 388 g/mol. The van der Waals surface area contributed by atoms with Crippen molar-refractivity contribution in [3.8, 4) is 0 Å². The number of nitrogens with zero attached hydrogens (tertiary/aromatic N) is 4. The van der Waals surface area contributed by atoms with Crippen LogP contribution in [-0.2, 0) is 13.0 Å². The number of anilines is 1. The number of fused-ring (bicyclic) bond motifs is 1. The van der Waals surface area contributed by atoms with Gasteiger partial charge < -0.3 is 4.90 Å². The fraction of sp³-hybridized carbons (Fsp3) is 0.333. The fourth-order valence-corrected chi connectivity index (χ4v) is 4.77. The molecule has 2 aromatic heterocycles.